The molecule has 0 aliphatic heterocycles. The molecule has 81 heavy (non-hydrogen) atoms. The fourth-order valence-corrected chi connectivity index (χ4v) is 23.6. The third-order valence-electron chi connectivity index (χ3n) is 24.4. The van der Waals surface area contributed by atoms with Gasteiger partial charge in [0, 0.05) is 0 Å². The summed E-state index contributed by atoms with van der Waals surface area (Å²) in [5.74, 6) is -0.843. The van der Waals surface area contributed by atoms with E-state index in [2.05, 4.69) is 47.3 Å². The molecule has 0 spiro atoms. The van der Waals surface area contributed by atoms with Gasteiger partial charge in [0.1, 0.15) is 18.3 Å². The lowest BCUT2D eigenvalue weighted by Gasteiger charge is -2.63. The Bertz CT molecular complexity index is 2990. The van der Waals surface area contributed by atoms with E-state index < -0.39 is 117 Å². The van der Waals surface area contributed by atoms with Crippen molar-refractivity contribution in [3.63, 3.8) is 0 Å². The van der Waals surface area contributed by atoms with Crippen molar-refractivity contribution in [3.8, 4) is 0 Å². The first-order valence-corrected chi connectivity index (χ1v) is 35.9. The van der Waals surface area contributed by atoms with Crippen molar-refractivity contribution >= 4 is 52.0 Å². The van der Waals surface area contributed by atoms with Gasteiger partial charge >= 0.3 is 52.0 Å². The van der Waals surface area contributed by atoms with Gasteiger partial charge < -0.3 is 10.2 Å². The van der Waals surface area contributed by atoms with E-state index >= 15 is 0 Å². The highest BCUT2D eigenvalue weighted by molar-refractivity contribution is 7.81. The van der Waals surface area contributed by atoms with Crippen LogP contribution in [0.15, 0.2) is 24.3 Å². The molecule has 0 aromatic carbocycles. The average Bonchev–Trinajstić information content (AvgIpc) is 4.15. The lowest BCUT2D eigenvalue weighted by molar-refractivity contribution is -0.187. The van der Waals surface area contributed by atoms with Crippen LogP contribution in [0, 0.1) is 104 Å². The predicted molar refractivity (Wildman–Crippen MR) is 293 cm³/mol. The minimum Gasteiger partial charge on any atom is -0.390 e. The number of fused-ring (bicyclic) bond motifs is 10. The Labute approximate surface area is 480 Å². The molecule has 0 aromatic rings. The fraction of sp³-hybridized carbons (Fsp3) is 0.926. The van der Waals surface area contributed by atoms with Crippen molar-refractivity contribution in [1.82, 2.24) is 0 Å². The van der Waals surface area contributed by atoms with Crippen LogP contribution in [0.2, 0.25) is 0 Å². The summed E-state index contributed by atoms with van der Waals surface area (Å²) < 4.78 is 196. The van der Waals surface area contributed by atoms with Crippen LogP contribution in [-0.4, -0.2) is 118 Å². The molecule has 0 radical (unpaired) electrons. The summed E-state index contributed by atoms with van der Waals surface area (Å²) in [5.41, 5.74) is -1.24. The normalized spacial score (nSPS) is 46.9. The Balaban J connectivity index is 0.867. The van der Waals surface area contributed by atoms with Gasteiger partial charge in [-0.25, -0.2) is 20.9 Å². The number of aliphatic hydroxyl groups excluding tert-OH is 2. The first-order valence-electron chi connectivity index (χ1n) is 29.1. The van der Waals surface area contributed by atoms with Crippen LogP contribution in [0.4, 0.5) is 0 Å². The van der Waals surface area contributed by atoms with Gasteiger partial charge in [-0.3, -0.25) is 22.8 Å². The maximum Gasteiger partial charge on any atom is 0.397 e. The third-order valence-corrected chi connectivity index (χ3v) is 26.8. The first-order chi connectivity index (χ1) is 37.1. The monoisotopic (exact) mass is 1250 g/mol. The summed E-state index contributed by atoms with van der Waals surface area (Å²) in [7, 11) is -25.1. The molecule has 22 nitrogen and oxygen atoms in total. The predicted octanol–water partition coefficient (Wildman–Crippen LogP) is 7.99. The second kappa shape index (κ2) is 22.1. The van der Waals surface area contributed by atoms with Crippen LogP contribution >= 0.6 is 0 Å². The van der Waals surface area contributed by atoms with Gasteiger partial charge in [-0.2, -0.15) is 42.1 Å². The van der Waals surface area contributed by atoms with Crippen LogP contribution in [0.1, 0.15) is 164 Å². The van der Waals surface area contributed by atoms with Crippen LogP contribution in [0.25, 0.3) is 0 Å². The second-order valence-corrected chi connectivity index (χ2v) is 33.4. The molecule has 0 bridgehead atoms. The zero-order valence-corrected chi connectivity index (χ0v) is 51.5. The summed E-state index contributed by atoms with van der Waals surface area (Å²) in [6, 6.07) is 0. The number of hydrogen-bond acceptors (Lipinski definition) is 17. The maximum absolute atomic E-state index is 12.4. The van der Waals surface area contributed by atoms with Crippen LogP contribution in [0.5, 0.6) is 0 Å². The van der Waals surface area contributed by atoms with Gasteiger partial charge in [0.25, 0.3) is 0 Å². The number of aliphatic hydroxyl groups is 2. The van der Waals surface area contributed by atoms with E-state index in [0.717, 1.165) is 70.6 Å². The van der Waals surface area contributed by atoms with Crippen LogP contribution < -0.4 is 0 Å². The van der Waals surface area contributed by atoms with Gasteiger partial charge in [-0.15, -0.1) is 0 Å². The average molecular weight is 1250 g/mol. The molecule has 0 amide bonds. The van der Waals surface area contributed by atoms with E-state index in [4.69, 9.17) is 20.9 Å². The zero-order valence-electron chi connectivity index (χ0n) is 47.4. The summed E-state index contributed by atoms with van der Waals surface area (Å²) in [6.45, 7) is 19.6. The molecule has 5 unspecified atom stereocenters. The molecule has 27 heteroatoms. The van der Waals surface area contributed by atoms with Gasteiger partial charge in [0.05, 0.1) is 24.4 Å². The van der Waals surface area contributed by atoms with E-state index in [1.54, 1.807) is 0 Å². The topological polar surface area (TPSA) is 358 Å². The van der Waals surface area contributed by atoms with Crippen molar-refractivity contribution in [2.45, 2.75) is 207 Å². The lowest BCUT2D eigenvalue weighted by Crippen LogP contribution is -2.62. The first kappa shape index (κ1) is 64.2. The molecule has 0 aromatic heterocycles. The highest BCUT2D eigenvalue weighted by Gasteiger charge is 2.67. The molecule has 9 fully saturated rings. The summed E-state index contributed by atoms with van der Waals surface area (Å²) in [6.07, 6.45) is 5.40. The van der Waals surface area contributed by atoms with Gasteiger partial charge in [-0.05, 0) is 220 Å². The van der Waals surface area contributed by atoms with Gasteiger partial charge in [0.2, 0.25) is 0 Å². The Kier molecular flexibility index (Phi) is 17.5. The smallest absolute Gasteiger partial charge is 0.390 e. The number of hydrogen-bond donors (Lipinski definition) is 7. The van der Waals surface area contributed by atoms with E-state index in [9.17, 15) is 75.1 Å². The Morgan fingerprint density at radius 2 is 0.951 bits per heavy atom. The summed E-state index contributed by atoms with van der Waals surface area (Å²) >= 11 is 0. The standard InChI is InChI=1S/C54H88O22S5/c1-29(35-11-13-37-32-24-46(73-78(60,61)62)42-26-47(74-79(63,64)65)49(76-81(69,70)71)28-54(42,8)40(32)16-21-51(35,37)5)9-10-34-30(2)15-19-50(34,4)20-18-43(55)31(3)36-12-14-38-33-23-45(72-77(57,58)59)41-25-44(56)48(75-80(66,67)68)27-53(41,7)39(33)17-22-52(36,38)6/h18,20,29,31-49,55-56H,2,9-17,19,21-28H2,1,3-8H3,(H,57,58,59)(H,60,61,62)(H,63,64,65)(H,66,67,68)(H,69,70,71)/b20-18+/t29-,31+,32+,33+,34?,35?,36?,37+,38+,39+,40+,41-,42-,43?,44-,45+,46+,47+,48+,49+,50?,51-,52-,53-,54-/m1/s1. The highest BCUT2D eigenvalue weighted by Crippen LogP contribution is 2.71. The van der Waals surface area contributed by atoms with Gasteiger partial charge in [0.15, 0.2) is 0 Å². The van der Waals surface area contributed by atoms with E-state index in [-0.39, 0.29) is 108 Å². The van der Waals surface area contributed by atoms with E-state index in [0.29, 0.717) is 18.8 Å². The Morgan fingerprint density at radius 3 is 1.46 bits per heavy atom. The quantitative estimate of drug-likeness (QED) is 0.0505. The van der Waals surface area contributed by atoms with Crippen molar-refractivity contribution in [2.24, 2.45) is 104 Å². The van der Waals surface area contributed by atoms with Crippen molar-refractivity contribution in [3.05, 3.63) is 24.3 Å². The highest BCUT2D eigenvalue weighted by atomic mass is 32.3. The molecule has 9 saturated carbocycles. The SMILES string of the molecule is C=C1CCC(C)(/C=C/C(O)[C@@H](C)C2CC[C@H]3[C@@H]4C[C@H](OS(=O)(=O)O)[C@H]5C[C@@H](O)[C@@H](OS(=O)(=O)O)C[C@]5(C)[C@H]4CC[C@]23C)C1CC[C@@H](C)C1CC[C@H]2[C@@H]3C[C@H](OS(=O)(=O)O)[C@H]4C[C@H](OS(=O)(=O)O)[C@@H](OS(=O)(=O)O)C[C@]4(C)[C@H]3CC[C@]12C. The second-order valence-electron chi connectivity index (χ2n) is 28.1. The molecule has 466 valence electrons. The largest absolute Gasteiger partial charge is 0.397 e. The molecular weight excluding hydrogens is 1160 g/mol. The van der Waals surface area contributed by atoms with E-state index in [1.165, 1.54) is 5.57 Å². The number of rotatable bonds is 18. The van der Waals surface area contributed by atoms with E-state index in [1.807, 2.05) is 19.9 Å². The molecular formula is C54H88O22S5. The third kappa shape index (κ3) is 12.7. The lowest BCUT2D eigenvalue weighted by atomic mass is 9.43. The Morgan fingerprint density at radius 1 is 0.531 bits per heavy atom. The van der Waals surface area contributed by atoms with Crippen LogP contribution in [-0.2, 0) is 72.9 Å². The molecule has 0 heterocycles. The number of allylic oxidation sites excluding steroid dienone is 2. The van der Waals surface area contributed by atoms with Crippen molar-refractivity contribution in [2.75, 3.05) is 0 Å². The van der Waals surface area contributed by atoms with Gasteiger partial charge in [-0.1, -0.05) is 72.8 Å². The summed E-state index contributed by atoms with van der Waals surface area (Å²) in [5, 5.41) is 23.1. The van der Waals surface area contributed by atoms with Crippen molar-refractivity contribution < 1.29 is 96.0 Å². The maximum atomic E-state index is 12.4. The minimum absolute atomic E-state index is 0.0254. The molecule has 9 aliphatic rings. The van der Waals surface area contributed by atoms with Crippen molar-refractivity contribution in [1.29, 1.82) is 0 Å². The molecule has 9 aliphatic carbocycles. The molecule has 0 saturated heterocycles. The minimum atomic E-state index is -5.16. The fourth-order valence-electron chi connectivity index (χ4n) is 21.0. The summed E-state index contributed by atoms with van der Waals surface area (Å²) in [4.78, 5) is 0. The molecule has 7 N–H and O–H groups in total. The Hall–Kier alpha value is -1.25. The molecule has 9 rings (SSSR count). The zero-order chi connectivity index (χ0) is 59.8. The van der Waals surface area contributed by atoms with Crippen LogP contribution in [0.3, 0.4) is 0 Å². The molecule has 25 atom stereocenters.